The van der Waals surface area contributed by atoms with E-state index in [-0.39, 0.29) is 18.2 Å². The molecule has 1 rings (SSSR count). The van der Waals surface area contributed by atoms with Crippen LogP contribution in [-0.4, -0.2) is 32.4 Å². The summed E-state index contributed by atoms with van der Waals surface area (Å²) < 4.78 is 23.4. The molecule has 0 aliphatic heterocycles. The maximum absolute atomic E-state index is 11.7. The summed E-state index contributed by atoms with van der Waals surface area (Å²) in [4.78, 5) is 11.6. The molecule has 0 aliphatic carbocycles. The third-order valence-corrected chi connectivity index (χ3v) is 4.41. The van der Waals surface area contributed by atoms with Crippen molar-refractivity contribution in [3.05, 3.63) is 29.3 Å². The van der Waals surface area contributed by atoms with Crippen LogP contribution in [0.5, 0.6) is 0 Å². The molecule has 0 radical (unpaired) electrons. The van der Waals surface area contributed by atoms with Crippen LogP contribution in [0.4, 0.5) is 5.69 Å². The lowest BCUT2D eigenvalue weighted by molar-refractivity contribution is -0.113. The molecule has 0 bridgehead atoms. The number of nitrogens with one attached hydrogen (secondary N) is 1. The first-order valence-corrected chi connectivity index (χ1v) is 7.98. The average Bonchev–Trinajstić information content (AvgIpc) is 2.26. The fourth-order valence-electron chi connectivity index (χ4n) is 1.52. The van der Waals surface area contributed by atoms with Crippen molar-refractivity contribution in [2.45, 2.75) is 6.92 Å². The van der Waals surface area contributed by atoms with Gasteiger partial charge in [0.05, 0.1) is 5.75 Å². The van der Waals surface area contributed by atoms with Crippen LogP contribution in [0.1, 0.15) is 6.92 Å². The second-order valence-corrected chi connectivity index (χ2v) is 7.00. The summed E-state index contributed by atoms with van der Waals surface area (Å²) in [7, 11) is -3.45. The van der Waals surface area contributed by atoms with Gasteiger partial charge in [0.15, 0.2) is 9.84 Å². The summed E-state index contributed by atoms with van der Waals surface area (Å²) in [5, 5.41) is 2.97. The van der Waals surface area contributed by atoms with Gasteiger partial charge in [-0.05, 0) is 30.7 Å². The van der Waals surface area contributed by atoms with Crippen molar-refractivity contribution in [2.24, 2.45) is 11.7 Å². The van der Waals surface area contributed by atoms with E-state index >= 15 is 0 Å². The minimum Gasteiger partial charge on any atom is -0.330 e. The number of amides is 1. The van der Waals surface area contributed by atoms with Crippen molar-refractivity contribution in [3.63, 3.8) is 0 Å². The number of rotatable bonds is 6. The topological polar surface area (TPSA) is 89.3 Å². The molecule has 0 spiro atoms. The number of carbonyl (C=O) groups excluding carboxylic acids is 1. The van der Waals surface area contributed by atoms with Gasteiger partial charge >= 0.3 is 0 Å². The number of hydrogen-bond donors (Lipinski definition) is 2. The van der Waals surface area contributed by atoms with E-state index in [1.54, 1.807) is 31.2 Å². The molecule has 3 N–H and O–H groups in total. The second kappa shape index (κ2) is 6.88. The predicted molar refractivity (Wildman–Crippen MR) is 77.0 cm³/mol. The largest absolute Gasteiger partial charge is 0.330 e. The zero-order chi connectivity index (χ0) is 14.5. The third-order valence-electron chi connectivity index (χ3n) is 2.40. The predicted octanol–water partition coefficient (Wildman–Crippen LogP) is 1.29. The smallest absolute Gasteiger partial charge is 0.239 e. The molecule has 1 aromatic rings. The number of halogens is 1. The van der Waals surface area contributed by atoms with Gasteiger partial charge in [-0.2, -0.15) is 0 Å². The van der Waals surface area contributed by atoms with E-state index in [2.05, 4.69) is 5.32 Å². The van der Waals surface area contributed by atoms with Crippen molar-refractivity contribution in [1.82, 2.24) is 0 Å². The van der Waals surface area contributed by atoms with Crippen molar-refractivity contribution in [3.8, 4) is 0 Å². The Hall–Kier alpha value is -1.11. The molecule has 1 atom stereocenters. The van der Waals surface area contributed by atoms with Crippen molar-refractivity contribution < 1.29 is 13.2 Å². The third kappa shape index (κ3) is 6.04. The van der Waals surface area contributed by atoms with Crippen LogP contribution >= 0.6 is 11.6 Å². The molecule has 1 unspecified atom stereocenters. The summed E-state index contributed by atoms with van der Waals surface area (Å²) >= 11 is 5.77. The first-order chi connectivity index (χ1) is 8.82. The van der Waals surface area contributed by atoms with Crippen LogP contribution in [0.25, 0.3) is 0 Å². The summed E-state index contributed by atoms with van der Waals surface area (Å²) in [6, 6.07) is 6.52. The number of anilines is 1. The van der Waals surface area contributed by atoms with Crippen LogP contribution in [0, 0.1) is 5.92 Å². The van der Waals surface area contributed by atoms with Gasteiger partial charge in [0, 0.05) is 10.7 Å². The van der Waals surface area contributed by atoms with Gasteiger partial charge in [0.25, 0.3) is 0 Å². The molecule has 0 saturated carbocycles. The molecule has 7 heteroatoms. The fraction of sp³-hybridized carbons (Fsp3) is 0.417. The van der Waals surface area contributed by atoms with Gasteiger partial charge in [-0.25, -0.2) is 8.42 Å². The minimum atomic E-state index is -3.45. The second-order valence-electron chi connectivity index (χ2n) is 4.45. The molecule has 1 amide bonds. The standard InChI is InChI=1S/C12H17ClN2O3S/c1-9(6-14)7-19(17,18)8-12(16)15-11-4-2-3-10(13)5-11/h2-5,9H,6-8,14H2,1H3,(H,15,16). The van der Waals surface area contributed by atoms with Crippen LogP contribution in [0.15, 0.2) is 24.3 Å². The molecule has 106 valence electrons. The molecular weight excluding hydrogens is 288 g/mol. The molecule has 5 nitrogen and oxygen atoms in total. The lowest BCUT2D eigenvalue weighted by Gasteiger charge is -2.10. The number of nitrogens with two attached hydrogens (primary N) is 1. The number of hydrogen-bond acceptors (Lipinski definition) is 4. The van der Waals surface area contributed by atoms with Crippen LogP contribution in [-0.2, 0) is 14.6 Å². The Bertz CT molecular complexity index is 546. The first-order valence-electron chi connectivity index (χ1n) is 5.78. The Kier molecular flexibility index (Phi) is 5.78. The van der Waals surface area contributed by atoms with Crippen LogP contribution in [0.3, 0.4) is 0 Å². The lowest BCUT2D eigenvalue weighted by Crippen LogP contribution is -2.29. The molecular formula is C12H17ClN2O3S. The quantitative estimate of drug-likeness (QED) is 0.828. The van der Waals surface area contributed by atoms with Gasteiger partial charge in [0.2, 0.25) is 5.91 Å². The van der Waals surface area contributed by atoms with E-state index in [0.29, 0.717) is 10.7 Å². The van der Waals surface area contributed by atoms with Gasteiger partial charge in [-0.1, -0.05) is 24.6 Å². The molecule has 0 heterocycles. The van der Waals surface area contributed by atoms with Gasteiger partial charge < -0.3 is 11.1 Å². The molecule has 0 aliphatic rings. The maximum Gasteiger partial charge on any atom is 0.239 e. The Morgan fingerprint density at radius 1 is 1.47 bits per heavy atom. The van der Waals surface area contributed by atoms with Crippen molar-refractivity contribution >= 4 is 33.0 Å². The van der Waals surface area contributed by atoms with E-state index in [1.165, 1.54) is 0 Å². The minimum absolute atomic E-state index is 0.0908. The highest BCUT2D eigenvalue weighted by Crippen LogP contribution is 2.15. The maximum atomic E-state index is 11.7. The summed E-state index contributed by atoms with van der Waals surface area (Å²) in [6.45, 7) is 2.00. The van der Waals surface area contributed by atoms with Crippen LogP contribution < -0.4 is 11.1 Å². The van der Waals surface area contributed by atoms with E-state index < -0.39 is 21.5 Å². The van der Waals surface area contributed by atoms with E-state index in [4.69, 9.17) is 17.3 Å². The summed E-state index contributed by atoms with van der Waals surface area (Å²) in [5.74, 6) is -1.38. The monoisotopic (exact) mass is 304 g/mol. The number of benzene rings is 1. The molecule has 0 saturated heterocycles. The molecule has 0 fully saturated rings. The lowest BCUT2D eigenvalue weighted by atomic mass is 10.2. The van der Waals surface area contributed by atoms with Crippen LogP contribution in [0.2, 0.25) is 5.02 Å². The highest BCUT2D eigenvalue weighted by atomic mass is 35.5. The molecule has 0 aromatic heterocycles. The molecule has 1 aromatic carbocycles. The summed E-state index contributed by atoms with van der Waals surface area (Å²) in [5.41, 5.74) is 5.84. The summed E-state index contributed by atoms with van der Waals surface area (Å²) in [6.07, 6.45) is 0. The van der Waals surface area contributed by atoms with Crippen molar-refractivity contribution in [2.75, 3.05) is 23.4 Å². The Morgan fingerprint density at radius 2 is 2.16 bits per heavy atom. The van der Waals surface area contributed by atoms with Crippen molar-refractivity contribution in [1.29, 1.82) is 0 Å². The zero-order valence-electron chi connectivity index (χ0n) is 10.6. The van der Waals surface area contributed by atoms with Gasteiger partial charge in [-0.15, -0.1) is 0 Å². The molecule has 19 heavy (non-hydrogen) atoms. The number of sulfone groups is 1. The highest BCUT2D eigenvalue weighted by molar-refractivity contribution is 7.92. The van der Waals surface area contributed by atoms with E-state index in [9.17, 15) is 13.2 Å². The van der Waals surface area contributed by atoms with Gasteiger partial charge in [0.1, 0.15) is 5.75 Å². The normalized spacial score (nSPS) is 13.0. The number of carbonyl (C=O) groups is 1. The van der Waals surface area contributed by atoms with E-state index in [1.807, 2.05) is 0 Å². The Balaban J connectivity index is 2.60. The fourth-order valence-corrected chi connectivity index (χ4v) is 3.31. The van der Waals surface area contributed by atoms with E-state index in [0.717, 1.165) is 0 Å². The average molecular weight is 305 g/mol. The van der Waals surface area contributed by atoms with Gasteiger partial charge in [-0.3, -0.25) is 4.79 Å². The Labute approximate surface area is 118 Å². The SMILES string of the molecule is CC(CN)CS(=O)(=O)CC(=O)Nc1cccc(Cl)c1. The Morgan fingerprint density at radius 3 is 2.74 bits per heavy atom. The zero-order valence-corrected chi connectivity index (χ0v) is 12.2. The first kappa shape index (κ1) is 15.9. The highest BCUT2D eigenvalue weighted by Gasteiger charge is 2.19.